The summed E-state index contributed by atoms with van der Waals surface area (Å²) >= 11 is 5.45. The van der Waals surface area contributed by atoms with Gasteiger partial charge in [0.25, 0.3) is 0 Å². The SMILES string of the molecule is O=C(CCl)NCc1cccc2c1CCCC2. The number of carbonyl (C=O) groups excluding carboxylic acids is 1. The van der Waals surface area contributed by atoms with Gasteiger partial charge in [0, 0.05) is 6.54 Å². The molecule has 0 saturated carbocycles. The average molecular weight is 238 g/mol. The zero-order valence-electron chi connectivity index (χ0n) is 9.26. The molecule has 1 N–H and O–H groups in total. The zero-order valence-corrected chi connectivity index (χ0v) is 10.0. The topological polar surface area (TPSA) is 29.1 Å². The van der Waals surface area contributed by atoms with Crippen molar-refractivity contribution in [1.29, 1.82) is 0 Å². The van der Waals surface area contributed by atoms with E-state index in [0.717, 1.165) is 6.42 Å². The molecule has 3 heteroatoms. The Labute approximate surface area is 101 Å². The second-order valence-electron chi connectivity index (χ2n) is 4.17. The van der Waals surface area contributed by atoms with E-state index in [0.29, 0.717) is 6.54 Å². The molecule has 0 atom stereocenters. The normalized spacial score (nSPS) is 14.3. The predicted molar refractivity (Wildman–Crippen MR) is 65.7 cm³/mol. The summed E-state index contributed by atoms with van der Waals surface area (Å²) in [6.07, 6.45) is 4.85. The summed E-state index contributed by atoms with van der Waals surface area (Å²) in [5.41, 5.74) is 4.13. The monoisotopic (exact) mass is 237 g/mol. The molecule has 2 nitrogen and oxygen atoms in total. The number of carbonyl (C=O) groups is 1. The first-order chi connectivity index (χ1) is 7.81. The smallest absolute Gasteiger partial charge is 0.235 e. The highest BCUT2D eigenvalue weighted by Crippen LogP contribution is 2.24. The number of hydrogen-bond acceptors (Lipinski definition) is 1. The largest absolute Gasteiger partial charge is 0.351 e. The summed E-state index contributed by atoms with van der Waals surface area (Å²) in [4.78, 5) is 11.1. The Hall–Kier alpha value is -1.02. The Bertz CT molecular complexity index is 390. The molecule has 16 heavy (non-hydrogen) atoms. The molecule has 0 bridgehead atoms. The Kier molecular flexibility index (Phi) is 3.83. The van der Waals surface area contributed by atoms with Crippen molar-refractivity contribution in [3.63, 3.8) is 0 Å². The Morgan fingerprint density at radius 3 is 2.94 bits per heavy atom. The van der Waals surface area contributed by atoms with Crippen LogP contribution >= 0.6 is 11.6 Å². The minimum Gasteiger partial charge on any atom is -0.351 e. The van der Waals surface area contributed by atoms with Crippen LogP contribution in [0.4, 0.5) is 0 Å². The van der Waals surface area contributed by atoms with Crippen LogP contribution in [-0.4, -0.2) is 11.8 Å². The number of nitrogens with one attached hydrogen (secondary N) is 1. The predicted octanol–water partition coefficient (Wildman–Crippen LogP) is 2.42. The Morgan fingerprint density at radius 2 is 2.12 bits per heavy atom. The number of rotatable bonds is 3. The van der Waals surface area contributed by atoms with Crippen molar-refractivity contribution in [3.05, 3.63) is 34.9 Å². The van der Waals surface area contributed by atoms with Crippen LogP contribution in [0.15, 0.2) is 18.2 Å². The van der Waals surface area contributed by atoms with Crippen LogP contribution in [-0.2, 0) is 24.2 Å². The van der Waals surface area contributed by atoms with Gasteiger partial charge in [-0.15, -0.1) is 11.6 Å². The lowest BCUT2D eigenvalue weighted by Gasteiger charge is -2.19. The average Bonchev–Trinajstić information content (AvgIpc) is 2.35. The van der Waals surface area contributed by atoms with Gasteiger partial charge in [0.05, 0.1) is 0 Å². The number of amides is 1. The van der Waals surface area contributed by atoms with Gasteiger partial charge in [-0.1, -0.05) is 18.2 Å². The number of alkyl halides is 1. The lowest BCUT2D eigenvalue weighted by molar-refractivity contribution is -0.118. The van der Waals surface area contributed by atoms with Crippen molar-refractivity contribution >= 4 is 17.5 Å². The fourth-order valence-corrected chi connectivity index (χ4v) is 2.36. The number of aryl methyl sites for hydroxylation is 1. The van der Waals surface area contributed by atoms with E-state index in [9.17, 15) is 4.79 Å². The van der Waals surface area contributed by atoms with E-state index in [4.69, 9.17) is 11.6 Å². The van der Waals surface area contributed by atoms with Crippen molar-refractivity contribution in [2.24, 2.45) is 0 Å². The van der Waals surface area contributed by atoms with Crippen LogP contribution in [0.5, 0.6) is 0 Å². The lowest BCUT2D eigenvalue weighted by Crippen LogP contribution is -2.24. The van der Waals surface area contributed by atoms with Crippen molar-refractivity contribution < 1.29 is 4.79 Å². The van der Waals surface area contributed by atoms with Crippen molar-refractivity contribution in [3.8, 4) is 0 Å². The number of halogens is 1. The zero-order chi connectivity index (χ0) is 11.4. The van der Waals surface area contributed by atoms with E-state index < -0.39 is 0 Å². The highest BCUT2D eigenvalue weighted by atomic mass is 35.5. The van der Waals surface area contributed by atoms with Crippen LogP contribution in [0.2, 0.25) is 0 Å². The van der Waals surface area contributed by atoms with Gasteiger partial charge in [0.2, 0.25) is 5.91 Å². The third-order valence-corrected chi connectivity index (χ3v) is 3.33. The van der Waals surface area contributed by atoms with E-state index in [-0.39, 0.29) is 11.8 Å². The lowest BCUT2D eigenvalue weighted by atomic mass is 9.88. The molecule has 0 unspecified atom stereocenters. The number of benzene rings is 1. The quantitative estimate of drug-likeness (QED) is 0.804. The molecule has 1 aromatic carbocycles. The Morgan fingerprint density at radius 1 is 1.31 bits per heavy atom. The third kappa shape index (κ3) is 2.56. The van der Waals surface area contributed by atoms with E-state index in [1.165, 1.54) is 36.0 Å². The first-order valence-corrected chi connectivity index (χ1v) is 6.27. The molecular weight excluding hydrogens is 222 g/mol. The van der Waals surface area contributed by atoms with Gasteiger partial charge < -0.3 is 5.32 Å². The molecule has 1 aliphatic carbocycles. The molecule has 1 aliphatic rings. The molecule has 0 aliphatic heterocycles. The molecule has 1 amide bonds. The van der Waals surface area contributed by atoms with E-state index in [1.54, 1.807) is 0 Å². The maximum atomic E-state index is 11.1. The highest BCUT2D eigenvalue weighted by Gasteiger charge is 2.12. The maximum Gasteiger partial charge on any atom is 0.235 e. The summed E-state index contributed by atoms with van der Waals surface area (Å²) in [6, 6.07) is 6.37. The summed E-state index contributed by atoms with van der Waals surface area (Å²) in [7, 11) is 0. The van der Waals surface area contributed by atoms with E-state index in [1.807, 2.05) is 0 Å². The molecule has 0 radical (unpaired) electrons. The van der Waals surface area contributed by atoms with Crippen molar-refractivity contribution in [1.82, 2.24) is 5.32 Å². The first kappa shape index (κ1) is 11.5. The third-order valence-electron chi connectivity index (χ3n) is 3.09. The molecule has 86 valence electrons. The van der Waals surface area contributed by atoms with Crippen LogP contribution in [0.1, 0.15) is 29.5 Å². The van der Waals surface area contributed by atoms with Gasteiger partial charge in [0.15, 0.2) is 0 Å². The molecule has 0 aromatic heterocycles. The molecule has 0 saturated heterocycles. The summed E-state index contributed by atoms with van der Waals surface area (Å²) in [5, 5.41) is 2.83. The molecule has 1 aromatic rings. The molecule has 0 fully saturated rings. The van der Waals surface area contributed by atoms with Gasteiger partial charge in [-0.05, 0) is 42.4 Å². The van der Waals surface area contributed by atoms with Gasteiger partial charge in [-0.25, -0.2) is 0 Å². The second kappa shape index (κ2) is 5.35. The van der Waals surface area contributed by atoms with E-state index >= 15 is 0 Å². The molecule has 0 heterocycles. The molecular formula is C13H16ClNO. The van der Waals surface area contributed by atoms with E-state index in [2.05, 4.69) is 23.5 Å². The number of fused-ring (bicyclic) bond motifs is 1. The van der Waals surface area contributed by atoms with Crippen LogP contribution in [0, 0.1) is 0 Å². The van der Waals surface area contributed by atoms with Crippen LogP contribution < -0.4 is 5.32 Å². The van der Waals surface area contributed by atoms with Gasteiger partial charge >= 0.3 is 0 Å². The van der Waals surface area contributed by atoms with Gasteiger partial charge in [-0.2, -0.15) is 0 Å². The van der Waals surface area contributed by atoms with Crippen molar-refractivity contribution in [2.75, 3.05) is 5.88 Å². The number of hydrogen-bond donors (Lipinski definition) is 1. The maximum absolute atomic E-state index is 11.1. The summed E-state index contributed by atoms with van der Waals surface area (Å²) < 4.78 is 0. The highest BCUT2D eigenvalue weighted by molar-refractivity contribution is 6.27. The fourth-order valence-electron chi connectivity index (χ4n) is 2.27. The minimum absolute atomic E-state index is 0.0367. The second-order valence-corrected chi connectivity index (χ2v) is 4.44. The molecule has 0 spiro atoms. The van der Waals surface area contributed by atoms with Crippen LogP contribution in [0.3, 0.4) is 0 Å². The fraction of sp³-hybridized carbons (Fsp3) is 0.462. The molecule has 2 rings (SSSR count). The summed E-state index contributed by atoms with van der Waals surface area (Å²) in [5.74, 6) is -0.0650. The van der Waals surface area contributed by atoms with Crippen molar-refractivity contribution in [2.45, 2.75) is 32.2 Å². The minimum atomic E-state index is -0.102. The van der Waals surface area contributed by atoms with Crippen LogP contribution in [0.25, 0.3) is 0 Å². The standard InChI is InChI=1S/C13H16ClNO/c14-8-13(16)15-9-11-6-3-5-10-4-1-2-7-12(10)11/h3,5-6H,1-2,4,7-9H2,(H,15,16). The summed E-state index contributed by atoms with van der Waals surface area (Å²) in [6.45, 7) is 0.606. The Balaban J connectivity index is 2.11. The first-order valence-electron chi connectivity index (χ1n) is 5.73. The van der Waals surface area contributed by atoms with Gasteiger partial charge in [-0.3, -0.25) is 4.79 Å². The van der Waals surface area contributed by atoms with Gasteiger partial charge in [0.1, 0.15) is 5.88 Å².